The number of nitriles is 3. The number of aromatic nitrogens is 3. The second-order valence-electron chi connectivity index (χ2n) is 6.97. The third-order valence-corrected chi connectivity index (χ3v) is 5.60. The number of nitrogens with zero attached hydrogens (tertiary/aromatic N) is 6. The van der Waals surface area contributed by atoms with Gasteiger partial charge in [-0.1, -0.05) is 18.2 Å². The molecule has 0 unspecified atom stereocenters. The fourth-order valence-corrected chi connectivity index (χ4v) is 4.16. The summed E-state index contributed by atoms with van der Waals surface area (Å²) >= 11 is 0. The maximum absolute atomic E-state index is 10.3. The Kier molecular flexibility index (Phi) is 4.36. The summed E-state index contributed by atoms with van der Waals surface area (Å²) in [7, 11) is 0. The van der Waals surface area contributed by atoms with Crippen LogP contribution >= 0.6 is 0 Å². The predicted molar refractivity (Wildman–Crippen MR) is 101 cm³/mol. The topological polar surface area (TPSA) is 102 Å². The Labute approximate surface area is 162 Å². The Morgan fingerprint density at radius 2 is 1.79 bits per heavy atom. The molecule has 0 spiro atoms. The normalized spacial score (nSPS) is 20.4. The van der Waals surface area contributed by atoms with E-state index in [0.717, 1.165) is 16.7 Å². The van der Waals surface area contributed by atoms with Crippen LogP contribution < -0.4 is 0 Å². The largest absolute Gasteiger partial charge is 0.252 e. The summed E-state index contributed by atoms with van der Waals surface area (Å²) in [6, 6.07) is 19.9. The van der Waals surface area contributed by atoms with E-state index in [4.69, 9.17) is 5.26 Å². The molecule has 0 N–H and O–H groups in total. The van der Waals surface area contributed by atoms with Gasteiger partial charge in [0.2, 0.25) is 0 Å². The van der Waals surface area contributed by atoms with E-state index < -0.39 is 5.41 Å². The van der Waals surface area contributed by atoms with E-state index in [-0.39, 0.29) is 5.92 Å². The Morgan fingerprint density at radius 3 is 2.43 bits per heavy atom. The number of hydrogen-bond acceptors (Lipinski definition) is 5. The third kappa shape index (κ3) is 2.80. The number of benzene rings is 2. The number of fused-ring (bicyclic) bond motifs is 1. The van der Waals surface area contributed by atoms with Gasteiger partial charge in [0.25, 0.3) is 0 Å². The highest BCUT2D eigenvalue weighted by atomic mass is 15.3. The van der Waals surface area contributed by atoms with Crippen molar-refractivity contribution in [3.8, 4) is 18.2 Å². The molecule has 1 aliphatic rings. The second-order valence-corrected chi connectivity index (χ2v) is 6.97. The molecule has 3 aromatic rings. The molecule has 0 amide bonds. The Hall–Kier alpha value is -3.95. The van der Waals surface area contributed by atoms with Crippen LogP contribution in [0.5, 0.6) is 0 Å². The summed E-state index contributed by atoms with van der Waals surface area (Å²) in [5, 5.41) is 32.9. The molecular weight excluding hydrogens is 348 g/mol. The minimum absolute atomic E-state index is 0.149. The van der Waals surface area contributed by atoms with E-state index in [1.54, 1.807) is 29.2 Å². The van der Waals surface area contributed by atoms with Crippen LogP contribution in [0.1, 0.15) is 40.2 Å². The molecule has 1 heterocycles. The fourth-order valence-electron chi connectivity index (χ4n) is 4.16. The standard InChI is InChI=1S/C22H16N6/c23-10-16-1-4-19(5-2-16)22(13-25)8-7-18-9-17(11-24)3-6-20(18)21(22)12-28-15-26-14-27-28/h1-6,9,14-15,21H,7-8,12H2/t21-,22-/m1/s1. The number of aryl methyl sites for hydroxylation is 1. The van der Waals surface area contributed by atoms with Crippen LogP contribution in [0.3, 0.4) is 0 Å². The van der Waals surface area contributed by atoms with Crippen molar-refractivity contribution in [2.45, 2.75) is 30.7 Å². The van der Waals surface area contributed by atoms with Gasteiger partial charge in [-0.2, -0.15) is 20.9 Å². The van der Waals surface area contributed by atoms with E-state index in [0.29, 0.717) is 30.5 Å². The summed E-state index contributed by atoms with van der Waals surface area (Å²) in [6.45, 7) is 0.506. The van der Waals surface area contributed by atoms with E-state index in [2.05, 4.69) is 28.3 Å². The molecule has 0 radical (unpaired) electrons. The zero-order valence-electron chi connectivity index (χ0n) is 15.1. The van der Waals surface area contributed by atoms with Crippen molar-refractivity contribution in [2.24, 2.45) is 0 Å². The minimum atomic E-state index is -0.749. The molecule has 0 fully saturated rings. The molecule has 6 heteroatoms. The maximum atomic E-state index is 10.3. The first-order chi connectivity index (χ1) is 13.7. The third-order valence-electron chi connectivity index (χ3n) is 5.60. The number of hydrogen-bond donors (Lipinski definition) is 0. The highest BCUT2D eigenvalue weighted by Gasteiger charge is 2.45. The van der Waals surface area contributed by atoms with Crippen molar-refractivity contribution in [3.05, 3.63) is 82.9 Å². The van der Waals surface area contributed by atoms with Crippen LogP contribution in [0.2, 0.25) is 0 Å². The van der Waals surface area contributed by atoms with E-state index in [9.17, 15) is 10.5 Å². The van der Waals surface area contributed by atoms with E-state index in [1.165, 1.54) is 6.33 Å². The summed E-state index contributed by atoms with van der Waals surface area (Å²) in [4.78, 5) is 4.03. The summed E-state index contributed by atoms with van der Waals surface area (Å²) in [5.74, 6) is -0.149. The van der Waals surface area contributed by atoms with Gasteiger partial charge in [0.15, 0.2) is 0 Å². The van der Waals surface area contributed by atoms with Crippen molar-refractivity contribution < 1.29 is 0 Å². The lowest BCUT2D eigenvalue weighted by Crippen LogP contribution is -2.39. The van der Waals surface area contributed by atoms with Crippen LogP contribution in [0.15, 0.2) is 55.1 Å². The molecule has 0 aliphatic heterocycles. The van der Waals surface area contributed by atoms with E-state index in [1.807, 2.05) is 24.3 Å². The second kappa shape index (κ2) is 6.99. The molecule has 1 aliphatic carbocycles. The van der Waals surface area contributed by atoms with Crippen molar-refractivity contribution in [3.63, 3.8) is 0 Å². The molecule has 6 nitrogen and oxygen atoms in total. The predicted octanol–water partition coefficient (Wildman–Crippen LogP) is 3.21. The summed E-state index contributed by atoms with van der Waals surface area (Å²) < 4.78 is 1.74. The maximum Gasteiger partial charge on any atom is 0.137 e. The fraction of sp³-hybridized carbons (Fsp3) is 0.227. The van der Waals surface area contributed by atoms with Gasteiger partial charge in [0, 0.05) is 5.92 Å². The van der Waals surface area contributed by atoms with Gasteiger partial charge in [-0.05, 0) is 53.8 Å². The van der Waals surface area contributed by atoms with Gasteiger partial charge in [-0.25, -0.2) is 4.98 Å². The smallest absolute Gasteiger partial charge is 0.137 e. The van der Waals surface area contributed by atoms with Gasteiger partial charge < -0.3 is 0 Å². The highest BCUT2D eigenvalue weighted by Crippen LogP contribution is 2.48. The molecule has 134 valence electrons. The average Bonchev–Trinajstić information content (AvgIpc) is 3.27. The number of rotatable bonds is 3. The van der Waals surface area contributed by atoms with Crippen LogP contribution in [0.25, 0.3) is 0 Å². The van der Waals surface area contributed by atoms with Gasteiger partial charge in [-0.15, -0.1) is 0 Å². The van der Waals surface area contributed by atoms with Crippen LogP contribution in [-0.4, -0.2) is 14.8 Å². The van der Waals surface area contributed by atoms with Crippen LogP contribution in [-0.2, 0) is 18.4 Å². The molecule has 28 heavy (non-hydrogen) atoms. The van der Waals surface area contributed by atoms with Crippen LogP contribution in [0, 0.1) is 34.0 Å². The van der Waals surface area contributed by atoms with Crippen molar-refractivity contribution >= 4 is 0 Å². The van der Waals surface area contributed by atoms with Crippen molar-refractivity contribution in [1.29, 1.82) is 15.8 Å². The average molecular weight is 364 g/mol. The summed E-state index contributed by atoms with van der Waals surface area (Å²) in [5.41, 5.74) is 3.51. The first kappa shape index (κ1) is 17.5. The first-order valence-corrected chi connectivity index (χ1v) is 8.97. The zero-order chi connectivity index (χ0) is 19.6. The van der Waals surface area contributed by atoms with Crippen LogP contribution in [0.4, 0.5) is 0 Å². The van der Waals surface area contributed by atoms with Gasteiger partial charge in [-0.3, -0.25) is 4.68 Å². The molecule has 0 saturated carbocycles. The zero-order valence-corrected chi connectivity index (χ0v) is 15.1. The quantitative estimate of drug-likeness (QED) is 0.710. The van der Waals surface area contributed by atoms with Gasteiger partial charge in [0.05, 0.1) is 41.3 Å². The lowest BCUT2D eigenvalue weighted by atomic mass is 9.61. The molecule has 1 aromatic heterocycles. The van der Waals surface area contributed by atoms with Crippen molar-refractivity contribution in [2.75, 3.05) is 0 Å². The minimum Gasteiger partial charge on any atom is -0.252 e. The van der Waals surface area contributed by atoms with Gasteiger partial charge >= 0.3 is 0 Å². The molecule has 0 bridgehead atoms. The summed E-state index contributed by atoms with van der Waals surface area (Å²) in [6.07, 6.45) is 4.49. The van der Waals surface area contributed by atoms with E-state index >= 15 is 0 Å². The first-order valence-electron chi connectivity index (χ1n) is 8.97. The molecule has 0 saturated heterocycles. The van der Waals surface area contributed by atoms with Crippen molar-refractivity contribution in [1.82, 2.24) is 14.8 Å². The lowest BCUT2D eigenvalue weighted by molar-refractivity contribution is 0.334. The Bertz CT molecular complexity index is 1130. The molecular formula is C22H16N6. The molecule has 2 aromatic carbocycles. The molecule has 4 rings (SSSR count). The monoisotopic (exact) mass is 364 g/mol. The SMILES string of the molecule is N#Cc1ccc([C@]2(C#N)CCc3cc(C#N)ccc3[C@H]2Cn2cncn2)cc1. The Balaban J connectivity index is 1.87. The lowest BCUT2D eigenvalue weighted by Gasteiger charge is -2.40. The van der Waals surface area contributed by atoms with Gasteiger partial charge in [0.1, 0.15) is 12.7 Å². The Morgan fingerprint density at radius 1 is 1.04 bits per heavy atom. The highest BCUT2D eigenvalue weighted by molar-refractivity contribution is 5.49. The molecule has 2 atom stereocenters.